The normalized spacial score (nSPS) is 20.7. The van der Waals surface area contributed by atoms with Crippen LogP contribution < -0.4 is 4.90 Å². The molecule has 2 aliphatic rings. The highest BCUT2D eigenvalue weighted by molar-refractivity contribution is 7.90. The minimum atomic E-state index is -3.36. The van der Waals surface area contributed by atoms with Crippen molar-refractivity contribution in [3.05, 3.63) is 24.3 Å². The van der Waals surface area contributed by atoms with Crippen LogP contribution >= 0.6 is 0 Å². The molecule has 0 radical (unpaired) electrons. The molecule has 2 saturated heterocycles. The first-order valence-electron chi connectivity index (χ1n) is 8.82. The summed E-state index contributed by atoms with van der Waals surface area (Å²) in [7, 11) is -3.36. The molecule has 2 aliphatic heterocycles. The number of rotatable bonds is 2. The number of nitrogens with zero attached hydrogens (tertiary/aromatic N) is 3. The zero-order chi connectivity index (χ0) is 20.0. The first-order valence-corrected chi connectivity index (χ1v) is 10.7. The maximum absolute atomic E-state index is 12.8. The van der Waals surface area contributed by atoms with Crippen LogP contribution in [0.5, 0.6) is 0 Å². The molecule has 0 N–H and O–H groups in total. The molecule has 27 heavy (non-hydrogen) atoms. The molecule has 0 aliphatic carbocycles. The van der Waals surface area contributed by atoms with Gasteiger partial charge in [0, 0.05) is 38.1 Å². The number of carbonyl (C=O) groups excluding carboxylic acids is 2. The summed E-state index contributed by atoms with van der Waals surface area (Å²) in [5.74, 6) is 0. The summed E-state index contributed by atoms with van der Waals surface area (Å²) in [6.07, 6.45) is 0.756. The maximum atomic E-state index is 12.8. The second kappa shape index (κ2) is 6.70. The number of amides is 3. The number of hydrogen-bond acceptors (Lipinski definition) is 5. The van der Waals surface area contributed by atoms with Gasteiger partial charge in [0.1, 0.15) is 5.60 Å². The minimum Gasteiger partial charge on any atom is -0.444 e. The van der Waals surface area contributed by atoms with Gasteiger partial charge in [-0.05, 0) is 39.0 Å². The molecule has 1 aromatic rings. The molecular formula is C18H25N3O5S. The van der Waals surface area contributed by atoms with Gasteiger partial charge in [-0.2, -0.15) is 0 Å². The van der Waals surface area contributed by atoms with Gasteiger partial charge >= 0.3 is 12.1 Å². The highest BCUT2D eigenvalue weighted by atomic mass is 32.2. The van der Waals surface area contributed by atoms with Crippen molar-refractivity contribution >= 4 is 27.6 Å². The van der Waals surface area contributed by atoms with Gasteiger partial charge in [0.15, 0.2) is 9.84 Å². The van der Waals surface area contributed by atoms with Crippen LogP contribution in [0.1, 0.15) is 20.8 Å². The SMILES string of the molecule is CC(C)(C)OC(=O)N1CCN2C(=O)N(c3cccc(S(C)(=O)=O)c3)CC2C1. The highest BCUT2D eigenvalue weighted by Crippen LogP contribution is 2.28. The topological polar surface area (TPSA) is 87.2 Å². The van der Waals surface area contributed by atoms with E-state index in [2.05, 4.69) is 0 Å². The van der Waals surface area contributed by atoms with E-state index in [1.54, 1.807) is 26.8 Å². The first kappa shape index (κ1) is 19.5. The van der Waals surface area contributed by atoms with Crippen LogP contribution in [0.3, 0.4) is 0 Å². The van der Waals surface area contributed by atoms with E-state index in [0.29, 0.717) is 31.9 Å². The zero-order valence-electron chi connectivity index (χ0n) is 16.0. The van der Waals surface area contributed by atoms with Crippen molar-refractivity contribution in [1.29, 1.82) is 0 Å². The lowest BCUT2D eigenvalue weighted by atomic mass is 10.2. The molecule has 2 heterocycles. The molecule has 3 amide bonds. The molecule has 0 bridgehead atoms. The summed E-state index contributed by atoms with van der Waals surface area (Å²) in [5, 5.41) is 0. The lowest BCUT2D eigenvalue weighted by Gasteiger charge is -2.36. The number of ether oxygens (including phenoxy) is 1. The number of anilines is 1. The van der Waals surface area contributed by atoms with Gasteiger partial charge in [0.05, 0.1) is 10.9 Å². The minimum absolute atomic E-state index is 0.152. The quantitative estimate of drug-likeness (QED) is 0.764. The molecule has 0 aromatic heterocycles. The third-order valence-corrected chi connectivity index (χ3v) is 5.67. The van der Waals surface area contributed by atoms with Crippen LogP contribution in [-0.2, 0) is 14.6 Å². The average Bonchev–Trinajstić information content (AvgIpc) is 2.89. The molecule has 1 unspecified atom stereocenters. The molecule has 0 saturated carbocycles. The van der Waals surface area contributed by atoms with Crippen LogP contribution in [0.4, 0.5) is 15.3 Å². The van der Waals surface area contributed by atoms with Crippen molar-refractivity contribution in [1.82, 2.24) is 9.80 Å². The van der Waals surface area contributed by atoms with Crippen molar-refractivity contribution < 1.29 is 22.7 Å². The summed E-state index contributed by atoms with van der Waals surface area (Å²) in [5.41, 5.74) is -0.0289. The number of urea groups is 1. The number of hydrogen-bond donors (Lipinski definition) is 0. The summed E-state index contributed by atoms with van der Waals surface area (Å²) in [4.78, 5) is 30.2. The molecule has 2 fully saturated rings. The summed E-state index contributed by atoms with van der Waals surface area (Å²) >= 11 is 0. The van der Waals surface area contributed by atoms with E-state index in [1.807, 2.05) is 20.8 Å². The number of carbonyl (C=O) groups is 2. The van der Waals surface area contributed by atoms with Gasteiger partial charge in [-0.15, -0.1) is 0 Å². The lowest BCUT2D eigenvalue weighted by Crippen LogP contribution is -2.54. The summed E-state index contributed by atoms with van der Waals surface area (Å²) in [6.45, 7) is 7.07. The Kier molecular flexibility index (Phi) is 4.83. The third kappa shape index (κ3) is 4.18. The van der Waals surface area contributed by atoms with Crippen molar-refractivity contribution in [3.63, 3.8) is 0 Å². The second-order valence-corrected chi connectivity index (χ2v) is 9.95. The Labute approximate surface area is 159 Å². The molecule has 0 spiro atoms. The molecule has 8 nitrogen and oxygen atoms in total. The molecular weight excluding hydrogens is 370 g/mol. The molecule has 1 atom stereocenters. The van der Waals surface area contributed by atoms with Gasteiger partial charge in [-0.1, -0.05) is 6.07 Å². The standard InChI is InChI=1S/C18H25N3O5S/c1-18(2,3)26-17(23)19-8-9-20-14(11-19)12-21(16(20)22)13-6-5-7-15(10-13)27(4,24)25/h5-7,10,14H,8-9,11-12H2,1-4H3. The molecule has 1 aromatic carbocycles. The monoisotopic (exact) mass is 395 g/mol. The van der Waals surface area contributed by atoms with Crippen LogP contribution in [0.15, 0.2) is 29.2 Å². The Bertz CT molecular complexity index is 862. The van der Waals surface area contributed by atoms with Crippen LogP contribution in [0.25, 0.3) is 0 Å². The third-order valence-electron chi connectivity index (χ3n) is 4.56. The average molecular weight is 395 g/mol. The van der Waals surface area contributed by atoms with Gasteiger partial charge in [0.25, 0.3) is 0 Å². The van der Waals surface area contributed by atoms with Gasteiger partial charge in [0.2, 0.25) is 0 Å². The largest absolute Gasteiger partial charge is 0.444 e. The fourth-order valence-corrected chi connectivity index (χ4v) is 3.96. The number of sulfone groups is 1. The number of piperazine rings is 1. The summed E-state index contributed by atoms with van der Waals surface area (Å²) in [6, 6.07) is 6.05. The van der Waals surface area contributed by atoms with Gasteiger partial charge in [-0.25, -0.2) is 18.0 Å². The Hall–Kier alpha value is -2.29. The number of benzene rings is 1. The van der Waals surface area contributed by atoms with E-state index >= 15 is 0 Å². The van der Waals surface area contributed by atoms with E-state index < -0.39 is 15.4 Å². The Morgan fingerprint density at radius 1 is 1.19 bits per heavy atom. The predicted molar refractivity (Wildman–Crippen MR) is 101 cm³/mol. The van der Waals surface area contributed by atoms with E-state index in [4.69, 9.17) is 4.74 Å². The fraction of sp³-hybridized carbons (Fsp3) is 0.556. The van der Waals surface area contributed by atoms with Crippen molar-refractivity contribution in [2.75, 3.05) is 37.3 Å². The molecule has 9 heteroatoms. The molecule has 3 rings (SSSR count). The zero-order valence-corrected chi connectivity index (χ0v) is 16.8. The van der Waals surface area contributed by atoms with Crippen LogP contribution in [0.2, 0.25) is 0 Å². The van der Waals surface area contributed by atoms with Crippen LogP contribution in [0, 0.1) is 0 Å². The van der Waals surface area contributed by atoms with E-state index in [9.17, 15) is 18.0 Å². The molecule has 148 valence electrons. The Morgan fingerprint density at radius 2 is 1.89 bits per heavy atom. The van der Waals surface area contributed by atoms with E-state index in [-0.39, 0.29) is 23.1 Å². The Morgan fingerprint density at radius 3 is 2.52 bits per heavy atom. The Balaban J connectivity index is 1.75. The van der Waals surface area contributed by atoms with Crippen molar-refractivity contribution in [2.24, 2.45) is 0 Å². The smallest absolute Gasteiger partial charge is 0.410 e. The van der Waals surface area contributed by atoms with Crippen LogP contribution in [-0.4, -0.2) is 74.4 Å². The fourth-order valence-electron chi connectivity index (χ4n) is 3.30. The number of fused-ring (bicyclic) bond motifs is 1. The van der Waals surface area contributed by atoms with Gasteiger partial charge in [-0.3, -0.25) is 4.90 Å². The van der Waals surface area contributed by atoms with E-state index in [1.165, 1.54) is 12.1 Å². The van der Waals surface area contributed by atoms with E-state index in [0.717, 1.165) is 6.26 Å². The summed E-state index contributed by atoms with van der Waals surface area (Å²) < 4.78 is 29.0. The maximum Gasteiger partial charge on any atom is 0.410 e. The first-order chi connectivity index (χ1) is 12.5. The predicted octanol–water partition coefficient (Wildman–Crippen LogP) is 1.95. The highest BCUT2D eigenvalue weighted by Gasteiger charge is 2.43. The van der Waals surface area contributed by atoms with Gasteiger partial charge < -0.3 is 14.5 Å². The van der Waals surface area contributed by atoms with Crippen molar-refractivity contribution in [2.45, 2.75) is 37.3 Å². The lowest BCUT2D eigenvalue weighted by molar-refractivity contribution is 0.0128. The second-order valence-electron chi connectivity index (χ2n) is 7.94. The van der Waals surface area contributed by atoms with Crippen molar-refractivity contribution in [3.8, 4) is 0 Å².